The van der Waals surface area contributed by atoms with Crippen LogP contribution in [0.25, 0.3) is 0 Å². The normalized spacial score (nSPS) is 26.5. The lowest BCUT2D eigenvalue weighted by molar-refractivity contribution is -0.164. The van der Waals surface area contributed by atoms with Crippen LogP contribution < -0.4 is 0 Å². The summed E-state index contributed by atoms with van der Waals surface area (Å²) in [6.07, 6.45) is 0.934. The summed E-state index contributed by atoms with van der Waals surface area (Å²) >= 11 is 0. The lowest BCUT2D eigenvalue weighted by Gasteiger charge is -2.44. The van der Waals surface area contributed by atoms with E-state index in [0.29, 0.717) is 6.61 Å². The number of esters is 1. The van der Waals surface area contributed by atoms with Crippen molar-refractivity contribution in [3.63, 3.8) is 0 Å². The van der Waals surface area contributed by atoms with Gasteiger partial charge in [-0.15, -0.1) is 0 Å². The minimum atomic E-state index is -0.197. The Hall–Kier alpha value is -0.610. The summed E-state index contributed by atoms with van der Waals surface area (Å²) in [5.41, 5.74) is -0.197. The van der Waals surface area contributed by atoms with Gasteiger partial charge >= 0.3 is 5.97 Å². The molecule has 0 aromatic rings. The zero-order valence-corrected chi connectivity index (χ0v) is 11.7. The van der Waals surface area contributed by atoms with Crippen LogP contribution >= 0.6 is 0 Å². The summed E-state index contributed by atoms with van der Waals surface area (Å²) in [6, 6.07) is -0.138. The Labute approximate surface area is 104 Å². The van der Waals surface area contributed by atoms with E-state index in [4.69, 9.17) is 9.47 Å². The van der Waals surface area contributed by atoms with Gasteiger partial charge in [0.05, 0.1) is 18.3 Å². The number of hydrogen-bond donors (Lipinski definition) is 0. The van der Waals surface area contributed by atoms with Crippen LogP contribution in [-0.4, -0.2) is 48.3 Å². The molecule has 0 N–H and O–H groups in total. The third-order valence-corrected chi connectivity index (χ3v) is 2.98. The Morgan fingerprint density at radius 3 is 2.65 bits per heavy atom. The van der Waals surface area contributed by atoms with Crippen molar-refractivity contribution in [2.75, 3.05) is 19.7 Å². The molecular formula is C13H25NO3. The molecule has 0 aromatic carbocycles. The van der Waals surface area contributed by atoms with E-state index in [1.807, 2.05) is 20.8 Å². The number of carbonyl (C=O) groups excluding carboxylic acids is 1. The van der Waals surface area contributed by atoms with Crippen molar-refractivity contribution in [1.82, 2.24) is 4.90 Å². The van der Waals surface area contributed by atoms with E-state index >= 15 is 0 Å². The minimum Gasteiger partial charge on any atom is -0.465 e. The predicted molar refractivity (Wildman–Crippen MR) is 66.9 cm³/mol. The Balaban J connectivity index is 2.71. The van der Waals surface area contributed by atoms with Crippen molar-refractivity contribution in [3.05, 3.63) is 0 Å². The van der Waals surface area contributed by atoms with Crippen LogP contribution in [0.3, 0.4) is 0 Å². The fourth-order valence-corrected chi connectivity index (χ4v) is 2.55. The number of morpholine rings is 1. The first-order chi connectivity index (χ1) is 7.89. The molecule has 0 radical (unpaired) electrons. The maximum atomic E-state index is 11.9. The summed E-state index contributed by atoms with van der Waals surface area (Å²) in [7, 11) is 0. The van der Waals surface area contributed by atoms with Crippen LogP contribution in [-0.2, 0) is 14.3 Å². The van der Waals surface area contributed by atoms with Crippen LogP contribution in [0.2, 0.25) is 0 Å². The highest BCUT2D eigenvalue weighted by Gasteiger charge is 2.37. The largest absolute Gasteiger partial charge is 0.465 e. The van der Waals surface area contributed by atoms with Gasteiger partial charge in [0, 0.05) is 13.1 Å². The van der Waals surface area contributed by atoms with E-state index in [9.17, 15) is 4.79 Å². The molecule has 1 aliphatic heterocycles. The maximum absolute atomic E-state index is 11.9. The number of nitrogens with zero attached hydrogens (tertiary/aromatic N) is 1. The number of hydrogen-bond acceptors (Lipinski definition) is 4. The summed E-state index contributed by atoms with van der Waals surface area (Å²) in [4.78, 5) is 14.1. The summed E-state index contributed by atoms with van der Waals surface area (Å²) in [5, 5.41) is 0. The molecule has 4 heteroatoms. The molecule has 1 heterocycles. The Morgan fingerprint density at radius 2 is 2.18 bits per heavy atom. The van der Waals surface area contributed by atoms with Gasteiger partial charge in [0.25, 0.3) is 0 Å². The highest BCUT2D eigenvalue weighted by molar-refractivity contribution is 5.75. The van der Waals surface area contributed by atoms with E-state index < -0.39 is 0 Å². The van der Waals surface area contributed by atoms with Crippen molar-refractivity contribution in [1.29, 1.82) is 0 Å². The van der Waals surface area contributed by atoms with E-state index in [1.54, 1.807) is 0 Å². The molecule has 0 aromatic heterocycles. The molecule has 0 saturated carbocycles. The first-order valence-corrected chi connectivity index (χ1v) is 6.48. The van der Waals surface area contributed by atoms with Crippen LogP contribution in [0, 0.1) is 0 Å². The molecule has 17 heavy (non-hydrogen) atoms. The first-order valence-electron chi connectivity index (χ1n) is 6.48. The summed E-state index contributed by atoms with van der Waals surface area (Å²) in [5.74, 6) is -0.111. The molecule has 0 amide bonds. The lowest BCUT2D eigenvalue weighted by atomic mass is 10.0. The lowest BCUT2D eigenvalue weighted by Crippen LogP contribution is -2.57. The molecule has 0 aliphatic carbocycles. The smallest absolute Gasteiger partial charge is 0.323 e. The van der Waals surface area contributed by atoms with Gasteiger partial charge in [-0.2, -0.15) is 0 Å². The number of rotatable bonds is 4. The third kappa shape index (κ3) is 3.96. The second-order valence-corrected chi connectivity index (χ2v) is 5.29. The quantitative estimate of drug-likeness (QED) is 0.706. The minimum absolute atomic E-state index is 0.111. The van der Waals surface area contributed by atoms with Crippen molar-refractivity contribution in [2.24, 2.45) is 0 Å². The molecule has 0 spiro atoms. The molecule has 2 atom stereocenters. The van der Waals surface area contributed by atoms with Gasteiger partial charge in [-0.25, -0.2) is 0 Å². The molecule has 4 nitrogen and oxygen atoms in total. The van der Waals surface area contributed by atoms with Crippen molar-refractivity contribution in [3.8, 4) is 0 Å². The molecule has 1 fully saturated rings. The van der Waals surface area contributed by atoms with Gasteiger partial charge in [-0.3, -0.25) is 9.69 Å². The van der Waals surface area contributed by atoms with Crippen LogP contribution in [0.15, 0.2) is 0 Å². The molecule has 2 unspecified atom stereocenters. The van der Waals surface area contributed by atoms with Gasteiger partial charge in [-0.1, -0.05) is 6.92 Å². The van der Waals surface area contributed by atoms with E-state index in [-0.39, 0.29) is 23.7 Å². The first kappa shape index (κ1) is 14.5. The second-order valence-electron chi connectivity index (χ2n) is 5.29. The Kier molecular flexibility index (Phi) is 4.95. The van der Waals surface area contributed by atoms with Crippen LogP contribution in [0.5, 0.6) is 0 Å². The monoisotopic (exact) mass is 243 g/mol. The van der Waals surface area contributed by atoms with E-state index in [1.165, 1.54) is 0 Å². The maximum Gasteiger partial charge on any atom is 0.323 e. The van der Waals surface area contributed by atoms with Gasteiger partial charge in [0.2, 0.25) is 0 Å². The zero-order chi connectivity index (χ0) is 13.1. The third-order valence-electron chi connectivity index (χ3n) is 2.98. The standard InChI is InChI=1S/C13H25NO3/c1-6-11(12(15)16-7-2)14-8-10(3)17-13(4,5)9-14/h10-11H,6-9H2,1-5H3. The summed E-state index contributed by atoms with van der Waals surface area (Å²) in [6.45, 7) is 12.0. The average Bonchev–Trinajstić information content (AvgIpc) is 2.15. The van der Waals surface area contributed by atoms with Crippen LogP contribution in [0.1, 0.15) is 41.0 Å². The molecule has 1 saturated heterocycles. The van der Waals surface area contributed by atoms with Crippen molar-refractivity contribution in [2.45, 2.75) is 58.8 Å². The van der Waals surface area contributed by atoms with Crippen molar-refractivity contribution < 1.29 is 14.3 Å². The molecule has 1 aliphatic rings. The van der Waals surface area contributed by atoms with Gasteiger partial charge in [-0.05, 0) is 34.1 Å². The number of ether oxygens (including phenoxy) is 2. The molecule has 100 valence electrons. The molecule has 1 rings (SSSR count). The summed E-state index contributed by atoms with van der Waals surface area (Å²) < 4.78 is 11.0. The Bertz CT molecular complexity index is 265. The van der Waals surface area contributed by atoms with Gasteiger partial charge < -0.3 is 9.47 Å². The van der Waals surface area contributed by atoms with E-state index in [0.717, 1.165) is 19.5 Å². The topological polar surface area (TPSA) is 38.8 Å². The van der Waals surface area contributed by atoms with E-state index in [2.05, 4.69) is 18.7 Å². The Morgan fingerprint density at radius 1 is 1.53 bits per heavy atom. The van der Waals surface area contributed by atoms with Crippen molar-refractivity contribution >= 4 is 5.97 Å². The highest BCUT2D eigenvalue weighted by Crippen LogP contribution is 2.23. The number of carbonyl (C=O) groups is 1. The fourth-order valence-electron chi connectivity index (χ4n) is 2.55. The van der Waals surface area contributed by atoms with Gasteiger partial charge in [0.1, 0.15) is 6.04 Å². The second kappa shape index (κ2) is 5.83. The zero-order valence-electron chi connectivity index (χ0n) is 11.7. The SMILES string of the molecule is CCOC(=O)C(CC)N1CC(C)OC(C)(C)C1. The molecule has 0 bridgehead atoms. The fraction of sp³-hybridized carbons (Fsp3) is 0.923. The average molecular weight is 243 g/mol. The highest BCUT2D eigenvalue weighted by atomic mass is 16.5. The molecular weight excluding hydrogens is 218 g/mol. The predicted octanol–water partition coefficient (Wildman–Crippen LogP) is 1.83. The van der Waals surface area contributed by atoms with Crippen LogP contribution in [0.4, 0.5) is 0 Å². The van der Waals surface area contributed by atoms with Gasteiger partial charge in [0.15, 0.2) is 0 Å².